The molecule has 0 atom stereocenters. The third kappa shape index (κ3) is 4.46. The second kappa shape index (κ2) is 9.68. The molecule has 0 aliphatic carbocycles. The van der Waals surface area contributed by atoms with Crippen molar-refractivity contribution in [1.29, 1.82) is 0 Å². The Balaban J connectivity index is 1.19. The quantitative estimate of drug-likeness (QED) is 0.312. The Hall–Kier alpha value is -4.42. The molecule has 0 spiro atoms. The van der Waals surface area contributed by atoms with Crippen molar-refractivity contribution in [3.63, 3.8) is 0 Å². The first-order valence-electron chi connectivity index (χ1n) is 12.0. The van der Waals surface area contributed by atoms with Crippen molar-refractivity contribution in [1.82, 2.24) is 15.3 Å². The molecule has 6 heteroatoms. The van der Waals surface area contributed by atoms with Gasteiger partial charge in [0.2, 0.25) is 6.79 Å². The molecule has 0 fully saturated rings. The van der Waals surface area contributed by atoms with E-state index in [9.17, 15) is 4.79 Å². The summed E-state index contributed by atoms with van der Waals surface area (Å²) in [7, 11) is 0. The maximum atomic E-state index is 12.4. The van der Waals surface area contributed by atoms with Gasteiger partial charge in [0, 0.05) is 23.9 Å². The van der Waals surface area contributed by atoms with Crippen LogP contribution in [0.1, 0.15) is 11.1 Å². The average molecular weight is 476 g/mol. The van der Waals surface area contributed by atoms with Crippen LogP contribution in [0.2, 0.25) is 0 Å². The molecule has 2 aromatic heterocycles. The summed E-state index contributed by atoms with van der Waals surface area (Å²) in [6.45, 7) is 1.93. The zero-order valence-corrected chi connectivity index (χ0v) is 19.7. The van der Waals surface area contributed by atoms with Gasteiger partial charge in [0.25, 0.3) is 5.56 Å². The molecule has 0 saturated carbocycles. The Morgan fingerprint density at radius 2 is 1.64 bits per heavy atom. The van der Waals surface area contributed by atoms with Crippen LogP contribution in [-0.2, 0) is 13.0 Å². The molecule has 36 heavy (non-hydrogen) atoms. The normalized spacial score (nSPS) is 12.2. The number of hydrogen-bond acceptors (Lipinski definition) is 5. The lowest BCUT2D eigenvalue weighted by Gasteiger charge is -2.12. The zero-order valence-electron chi connectivity index (χ0n) is 19.7. The van der Waals surface area contributed by atoms with E-state index in [1.165, 1.54) is 11.1 Å². The van der Waals surface area contributed by atoms with Crippen molar-refractivity contribution in [2.45, 2.75) is 13.0 Å². The lowest BCUT2D eigenvalue weighted by molar-refractivity contribution is 0.174. The highest BCUT2D eigenvalue weighted by Crippen LogP contribution is 2.33. The van der Waals surface area contributed by atoms with Gasteiger partial charge in [-0.05, 0) is 53.9 Å². The van der Waals surface area contributed by atoms with E-state index < -0.39 is 0 Å². The third-order valence-electron chi connectivity index (χ3n) is 6.42. The van der Waals surface area contributed by atoms with Crippen molar-refractivity contribution < 1.29 is 9.47 Å². The van der Waals surface area contributed by atoms with Gasteiger partial charge in [-0.15, -0.1) is 0 Å². The van der Waals surface area contributed by atoms with Gasteiger partial charge in [-0.1, -0.05) is 60.7 Å². The number of aromatic nitrogens is 2. The number of benzene rings is 3. The van der Waals surface area contributed by atoms with Crippen LogP contribution in [0.25, 0.3) is 33.3 Å². The SMILES string of the molecule is O=c1[nH]ccc2nc(-c3ccc(CNCCc4ccc5c(c4)OCO5)cc3)c(-c3ccccc3)cc12. The molecule has 0 radical (unpaired) electrons. The minimum absolute atomic E-state index is 0.133. The molecule has 6 nitrogen and oxygen atoms in total. The molecule has 2 N–H and O–H groups in total. The second-order valence-electron chi connectivity index (χ2n) is 8.80. The maximum Gasteiger partial charge on any atom is 0.257 e. The minimum Gasteiger partial charge on any atom is -0.454 e. The van der Waals surface area contributed by atoms with E-state index in [1.807, 2.05) is 54.6 Å². The Morgan fingerprint density at radius 1 is 0.833 bits per heavy atom. The van der Waals surface area contributed by atoms with Gasteiger partial charge in [-0.2, -0.15) is 0 Å². The summed E-state index contributed by atoms with van der Waals surface area (Å²) in [6, 6.07) is 28.4. The topological polar surface area (TPSA) is 76.2 Å². The molecule has 5 aromatic rings. The summed E-state index contributed by atoms with van der Waals surface area (Å²) in [5.41, 5.74) is 6.81. The lowest BCUT2D eigenvalue weighted by atomic mass is 9.97. The van der Waals surface area contributed by atoms with Crippen molar-refractivity contribution >= 4 is 10.9 Å². The van der Waals surface area contributed by atoms with Crippen LogP contribution in [0.4, 0.5) is 0 Å². The molecule has 1 aliphatic rings. The first-order valence-corrected chi connectivity index (χ1v) is 12.0. The number of rotatable bonds is 7. The smallest absolute Gasteiger partial charge is 0.257 e. The number of aromatic amines is 1. The van der Waals surface area contributed by atoms with Crippen LogP contribution in [-0.4, -0.2) is 23.3 Å². The molecule has 0 unspecified atom stereocenters. The molecule has 0 saturated heterocycles. The van der Waals surface area contributed by atoms with E-state index >= 15 is 0 Å². The number of ether oxygens (including phenoxy) is 2. The van der Waals surface area contributed by atoms with Crippen molar-refractivity contribution in [2.75, 3.05) is 13.3 Å². The third-order valence-corrected chi connectivity index (χ3v) is 6.42. The second-order valence-corrected chi connectivity index (χ2v) is 8.80. The number of hydrogen-bond donors (Lipinski definition) is 2. The van der Waals surface area contributed by atoms with Crippen LogP contribution in [0.3, 0.4) is 0 Å². The molecule has 0 amide bonds. The summed E-state index contributed by atoms with van der Waals surface area (Å²) in [4.78, 5) is 20.0. The fourth-order valence-electron chi connectivity index (χ4n) is 4.51. The molecule has 1 aliphatic heterocycles. The van der Waals surface area contributed by atoms with Crippen LogP contribution in [0.5, 0.6) is 11.5 Å². The van der Waals surface area contributed by atoms with Gasteiger partial charge in [0.1, 0.15) is 0 Å². The zero-order chi connectivity index (χ0) is 24.3. The van der Waals surface area contributed by atoms with E-state index in [2.05, 4.69) is 40.6 Å². The van der Waals surface area contributed by atoms with Crippen molar-refractivity contribution in [2.24, 2.45) is 0 Å². The summed E-state index contributed by atoms with van der Waals surface area (Å²) in [5.74, 6) is 1.64. The summed E-state index contributed by atoms with van der Waals surface area (Å²) in [6.07, 6.45) is 2.55. The Bertz CT molecular complexity index is 1580. The lowest BCUT2D eigenvalue weighted by Crippen LogP contribution is -2.16. The maximum absolute atomic E-state index is 12.4. The van der Waals surface area contributed by atoms with E-state index in [4.69, 9.17) is 14.5 Å². The minimum atomic E-state index is -0.133. The van der Waals surface area contributed by atoms with Crippen molar-refractivity contribution in [3.05, 3.63) is 113 Å². The van der Waals surface area contributed by atoms with E-state index in [1.54, 1.807) is 6.20 Å². The highest BCUT2D eigenvalue weighted by molar-refractivity contribution is 5.91. The number of H-pyrrole nitrogens is 1. The first-order chi connectivity index (χ1) is 17.7. The molecular weight excluding hydrogens is 450 g/mol. The van der Waals surface area contributed by atoms with Crippen LogP contribution in [0.15, 0.2) is 95.9 Å². The fraction of sp³-hybridized carbons (Fsp3) is 0.133. The molecule has 178 valence electrons. The summed E-state index contributed by atoms with van der Waals surface area (Å²) in [5, 5.41) is 4.11. The van der Waals surface area contributed by atoms with Crippen LogP contribution in [0, 0.1) is 0 Å². The Kier molecular flexibility index (Phi) is 5.93. The summed E-state index contributed by atoms with van der Waals surface area (Å²) < 4.78 is 10.8. The Labute approximate surface area is 208 Å². The van der Waals surface area contributed by atoms with Crippen LogP contribution >= 0.6 is 0 Å². The van der Waals surface area contributed by atoms with E-state index in [0.29, 0.717) is 17.7 Å². The fourth-order valence-corrected chi connectivity index (χ4v) is 4.51. The van der Waals surface area contributed by atoms with Gasteiger partial charge in [-0.25, -0.2) is 4.98 Å². The summed E-state index contributed by atoms with van der Waals surface area (Å²) >= 11 is 0. The van der Waals surface area contributed by atoms with E-state index in [0.717, 1.165) is 53.4 Å². The molecular formula is C30H25N3O3. The predicted molar refractivity (Wildman–Crippen MR) is 141 cm³/mol. The van der Waals surface area contributed by atoms with Gasteiger partial charge < -0.3 is 19.8 Å². The van der Waals surface area contributed by atoms with Crippen molar-refractivity contribution in [3.8, 4) is 33.9 Å². The highest BCUT2D eigenvalue weighted by atomic mass is 16.7. The van der Waals surface area contributed by atoms with Crippen LogP contribution < -0.4 is 20.3 Å². The Morgan fingerprint density at radius 3 is 2.50 bits per heavy atom. The standard InChI is InChI=1S/C30H25N3O3/c34-30-25-17-24(22-4-2-1-3-5-22)29(33-26(25)13-15-32-30)23-9-6-21(7-10-23)18-31-14-12-20-8-11-27-28(16-20)36-19-35-27/h1-11,13,15-17,31H,12,14,18-19H2,(H,32,34). The molecule has 6 rings (SSSR count). The average Bonchev–Trinajstić information content (AvgIpc) is 3.40. The molecule has 3 heterocycles. The molecule has 3 aromatic carbocycles. The molecule has 0 bridgehead atoms. The number of nitrogens with zero attached hydrogens (tertiary/aromatic N) is 1. The number of fused-ring (bicyclic) bond motifs is 2. The first kappa shape index (κ1) is 22.1. The van der Waals surface area contributed by atoms with E-state index in [-0.39, 0.29) is 5.56 Å². The van der Waals surface area contributed by atoms with Gasteiger partial charge >= 0.3 is 0 Å². The largest absolute Gasteiger partial charge is 0.454 e. The predicted octanol–water partition coefficient (Wildman–Crippen LogP) is 5.32. The van der Waals surface area contributed by atoms with Gasteiger partial charge in [0.05, 0.1) is 16.6 Å². The highest BCUT2D eigenvalue weighted by Gasteiger charge is 2.14. The number of pyridine rings is 2. The monoisotopic (exact) mass is 475 g/mol. The van der Waals surface area contributed by atoms with Gasteiger partial charge in [-0.3, -0.25) is 4.79 Å². The number of nitrogens with one attached hydrogen (secondary N) is 2. The van der Waals surface area contributed by atoms with Gasteiger partial charge in [0.15, 0.2) is 11.5 Å².